The molecule has 0 aromatic heterocycles. The van der Waals surface area contributed by atoms with Gasteiger partial charge in [0.2, 0.25) is 0 Å². The van der Waals surface area contributed by atoms with Crippen LogP contribution in [0.4, 0.5) is 5.69 Å². The van der Waals surface area contributed by atoms with Crippen molar-refractivity contribution in [3.63, 3.8) is 0 Å². The number of ether oxygens (including phenoxy) is 3. The van der Waals surface area contributed by atoms with E-state index < -0.39 is 0 Å². The molecule has 0 amide bonds. The van der Waals surface area contributed by atoms with Gasteiger partial charge in [0.25, 0.3) is 0 Å². The number of para-hydroxylation sites is 1. The van der Waals surface area contributed by atoms with Crippen molar-refractivity contribution in [3.05, 3.63) is 59.9 Å². The number of benzene rings is 2. The molecular formula is C18H13NO3. The van der Waals surface area contributed by atoms with E-state index in [2.05, 4.69) is 11.1 Å². The van der Waals surface area contributed by atoms with Crippen LogP contribution in [0.3, 0.4) is 0 Å². The van der Waals surface area contributed by atoms with Gasteiger partial charge in [0, 0.05) is 17.8 Å². The van der Waals surface area contributed by atoms with Crippen LogP contribution in [0.5, 0.6) is 17.2 Å². The standard InChI is InChI=1S/C18H13NO3/c1-2-5-14-12(4-1)18(10-19-14)11-22-15-9-17-16(8-13(15)18)20-6-3-7-21-17/h1-6,8-10H,7,11H2. The fourth-order valence-electron chi connectivity index (χ4n) is 3.32. The summed E-state index contributed by atoms with van der Waals surface area (Å²) < 4.78 is 17.3. The van der Waals surface area contributed by atoms with E-state index in [1.165, 1.54) is 5.56 Å². The second-order valence-corrected chi connectivity index (χ2v) is 5.63. The Balaban J connectivity index is 1.72. The normalized spacial score (nSPS) is 23.1. The first-order valence-corrected chi connectivity index (χ1v) is 7.27. The number of nitrogens with zero attached hydrogens (tertiary/aromatic N) is 1. The highest BCUT2D eigenvalue weighted by molar-refractivity contribution is 5.91. The summed E-state index contributed by atoms with van der Waals surface area (Å²) in [5, 5.41) is 0. The van der Waals surface area contributed by atoms with Crippen LogP contribution in [0.2, 0.25) is 0 Å². The van der Waals surface area contributed by atoms with Crippen molar-refractivity contribution < 1.29 is 14.2 Å². The van der Waals surface area contributed by atoms with E-state index in [-0.39, 0.29) is 5.41 Å². The van der Waals surface area contributed by atoms with Gasteiger partial charge in [0.05, 0.1) is 17.4 Å². The van der Waals surface area contributed by atoms with E-state index in [9.17, 15) is 0 Å². The zero-order valence-electron chi connectivity index (χ0n) is 11.8. The van der Waals surface area contributed by atoms with Crippen molar-refractivity contribution in [2.45, 2.75) is 5.41 Å². The number of hydrogen-bond donors (Lipinski definition) is 0. The van der Waals surface area contributed by atoms with E-state index in [0.29, 0.717) is 19.0 Å². The average molecular weight is 291 g/mol. The third-order valence-electron chi connectivity index (χ3n) is 4.42. The van der Waals surface area contributed by atoms with Crippen molar-refractivity contribution in [1.82, 2.24) is 0 Å². The highest BCUT2D eigenvalue weighted by Crippen LogP contribution is 2.51. The average Bonchev–Trinajstić information content (AvgIpc) is 3.01. The molecule has 0 aliphatic carbocycles. The van der Waals surface area contributed by atoms with Crippen LogP contribution in [0.15, 0.2) is 53.7 Å². The van der Waals surface area contributed by atoms with Crippen LogP contribution in [-0.2, 0) is 5.41 Å². The summed E-state index contributed by atoms with van der Waals surface area (Å²) in [6, 6.07) is 12.1. The van der Waals surface area contributed by atoms with Crippen LogP contribution < -0.4 is 14.2 Å². The molecule has 4 heteroatoms. The second kappa shape index (κ2) is 4.13. The molecular weight excluding hydrogens is 278 g/mol. The van der Waals surface area contributed by atoms with Gasteiger partial charge in [0.1, 0.15) is 19.0 Å². The SMILES string of the molecule is C1=COc2cc3c(cc2OC1)OCC31C=Nc2ccccc21. The lowest BCUT2D eigenvalue weighted by molar-refractivity contribution is 0.322. The quantitative estimate of drug-likeness (QED) is 0.747. The Bertz CT molecular complexity index is 840. The van der Waals surface area contributed by atoms with Crippen LogP contribution in [0.1, 0.15) is 11.1 Å². The Hall–Kier alpha value is -2.75. The highest BCUT2D eigenvalue weighted by atomic mass is 16.5. The van der Waals surface area contributed by atoms with Crippen LogP contribution in [-0.4, -0.2) is 19.4 Å². The minimum atomic E-state index is -0.319. The van der Waals surface area contributed by atoms with Gasteiger partial charge >= 0.3 is 0 Å². The molecule has 2 aromatic rings. The van der Waals surface area contributed by atoms with Gasteiger partial charge in [-0.2, -0.15) is 0 Å². The van der Waals surface area contributed by atoms with Crippen molar-refractivity contribution >= 4 is 11.9 Å². The summed E-state index contributed by atoms with van der Waals surface area (Å²) in [5.41, 5.74) is 2.95. The molecule has 5 rings (SSSR count). The summed E-state index contributed by atoms with van der Waals surface area (Å²) in [4.78, 5) is 4.57. The molecule has 108 valence electrons. The Labute approximate surface area is 127 Å². The summed E-state index contributed by atoms with van der Waals surface area (Å²) in [6.07, 6.45) is 5.49. The van der Waals surface area contributed by atoms with Crippen molar-refractivity contribution in [2.75, 3.05) is 13.2 Å². The highest BCUT2D eigenvalue weighted by Gasteiger charge is 2.46. The molecule has 22 heavy (non-hydrogen) atoms. The largest absolute Gasteiger partial charge is 0.491 e. The monoisotopic (exact) mass is 291 g/mol. The van der Waals surface area contributed by atoms with E-state index in [1.807, 2.05) is 42.6 Å². The Morgan fingerprint density at radius 2 is 1.91 bits per heavy atom. The van der Waals surface area contributed by atoms with Crippen molar-refractivity contribution in [2.24, 2.45) is 4.99 Å². The predicted molar refractivity (Wildman–Crippen MR) is 82.6 cm³/mol. The van der Waals surface area contributed by atoms with Crippen molar-refractivity contribution in [3.8, 4) is 17.2 Å². The van der Waals surface area contributed by atoms with Gasteiger partial charge in [-0.05, 0) is 23.8 Å². The van der Waals surface area contributed by atoms with Crippen molar-refractivity contribution in [1.29, 1.82) is 0 Å². The summed E-state index contributed by atoms with van der Waals surface area (Å²) in [5.74, 6) is 2.27. The molecule has 2 aromatic carbocycles. The Morgan fingerprint density at radius 3 is 2.91 bits per heavy atom. The maximum Gasteiger partial charge on any atom is 0.168 e. The van der Waals surface area contributed by atoms with E-state index >= 15 is 0 Å². The molecule has 0 bridgehead atoms. The second-order valence-electron chi connectivity index (χ2n) is 5.63. The van der Waals surface area contributed by atoms with Gasteiger partial charge < -0.3 is 14.2 Å². The fourth-order valence-corrected chi connectivity index (χ4v) is 3.32. The molecule has 4 nitrogen and oxygen atoms in total. The third kappa shape index (κ3) is 1.44. The minimum absolute atomic E-state index is 0.319. The molecule has 1 spiro atoms. The maximum absolute atomic E-state index is 5.95. The van der Waals surface area contributed by atoms with E-state index in [1.54, 1.807) is 6.26 Å². The predicted octanol–water partition coefficient (Wildman–Crippen LogP) is 3.37. The lowest BCUT2D eigenvalue weighted by Crippen LogP contribution is -2.28. The number of fused-ring (bicyclic) bond motifs is 5. The Morgan fingerprint density at radius 1 is 0.955 bits per heavy atom. The smallest absolute Gasteiger partial charge is 0.168 e. The van der Waals surface area contributed by atoms with E-state index in [4.69, 9.17) is 14.2 Å². The first-order valence-electron chi connectivity index (χ1n) is 7.27. The van der Waals surface area contributed by atoms with Gasteiger partial charge in [-0.3, -0.25) is 4.99 Å². The molecule has 0 saturated carbocycles. The molecule has 0 saturated heterocycles. The number of aliphatic imine (C=N–C) groups is 1. The van der Waals surface area contributed by atoms with Gasteiger partial charge in [0.15, 0.2) is 11.5 Å². The molecule has 3 aliphatic heterocycles. The molecule has 1 unspecified atom stereocenters. The molecule has 3 heterocycles. The third-order valence-corrected chi connectivity index (χ3v) is 4.42. The zero-order valence-corrected chi connectivity index (χ0v) is 11.8. The first kappa shape index (κ1) is 11.9. The first-order chi connectivity index (χ1) is 10.9. The molecule has 1 atom stereocenters. The van der Waals surface area contributed by atoms with Crippen LogP contribution in [0, 0.1) is 0 Å². The summed E-state index contributed by atoms with van der Waals surface area (Å²) >= 11 is 0. The maximum atomic E-state index is 5.95. The fraction of sp³-hybridized carbons (Fsp3) is 0.167. The van der Waals surface area contributed by atoms with Gasteiger partial charge in [-0.1, -0.05) is 18.2 Å². The Kier molecular flexibility index (Phi) is 2.23. The van der Waals surface area contributed by atoms with E-state index in [0.717, 1.165) is 22.7 Å². The molecule has 0 fully saturated rings. The van der Waals surface area contributed by atoms with Crippen LogP contribution >= 0.6 is 0 Å². The lowest BCUT2D eigenvalue weighted by Gasteiger charge is -2.21. The molecule has 0 N–H and O–H groups in total. The lowest BCUT2D eigenvalue weighted by atomic mass is 9.78. The summed E-state index contributed by atoms with van der Waals surface area (Å²) in [6.45, 7) is 1.06. The molecule has 3 aliphatic rings. The van der Waals surface area contributed by atoms with Crippen LogP contribution in [0.25, 0.3) is 0 Å². The number of hydrogen-bond acceptors (Lipinski definition) is 4. The number of rotatable bonds is 0. The van der Waals surface area contributed by atoms with Gasteiger partial charge in [-0.25, -0.2) is 0 Å². The zero-order chi connectivity index (χ0) is 14.6. The molecule has 0 radical (unpaired) electrons. The minimum Gasteiger partial charge on any atom is -0.491 e. The van der Waals surface area contributed by atoms with Gasteiger partial charge in [-0.15, -0.1) is 0 Å². The summed E-state index contributed by atoms with van der Waals surface area (Å²) in [7, 11) is 0. The topological polar surface area (TPSA) is 40.0 Å².